The maximum Gasteiger partial charge on any atom is 0.331 e. The molecule has 0 amide bonds. The Hall–Kier alpha value is -2.24. The molecule has 0 spiro atoms. The molecule has 6 heteroatoms. The Morgan fingerprint density at radius 1 is 1.44 bits per heavy atom. The minimum Gasteiger partial charge on any atom is -0.494 e. The van der Waals surface area contributed by atoms with Crippen molar-refractivity contribution in [3.05, 3.63) is 50.6 Å². The van der Waals surface area contributed by atoms with Gasteiger partial charge in [-0.25, -0.2) is 4.79 Å². The Bertz CT molecular complexity index is 637. The van der Waals surface area contributed by atoms with Crippen molar-refractivity contribution in [1.29, 1.82) is 0 Å². The number of hydrogen-bond acceptors (Lipinski definition) is 4. The van der Waals surface area contributed by atoms with Gasteiger partial charge in [0.25, 0.3) is 5.56 Å². The summed E-state index contributed by atoms with van der Waals surface area (Å²) in [5.74, 6) is 0.448. The first-order valence-corrected chi connectivity index (χ1v) is 5.70. The molecule has 18 heavy (non-hydrogen) atoms. The average molecular weight is 250 g/mol. The van der Waals surface area contributed by atoms with Crippen LogP contribution in [0.5, 0.6) is 5.88 Å². The van der Waals surface area contributed by atoms with Crippen LogP contribution in [0.3, 0.4) is 0 Å². The van der Waals surface area contributed by atoms with Gasteiger partial charge < -0.3 is 9.52 Å². The fourth-order valence-corrected chi connectivity index (χ4v) is 1.80. The van der Waals surface area contributed by atoms with Gasteiger partial charge in [0.15, 0.2) is 0 Å². The van der Waals surface area contributed by atoms with Crippen molar-refractivity contribution in [3.8, 4) is 5.88 Å². The Labute approximate surface area is 103 Å². The Morgan fingerprint density at radius 2 is 2.22 bits per heavy atom. The van der Waals surface area contributed by atoms with Gasteiger partial charge >= 0.3 is 5.69 Å². The standard InChI is InChI=1S/C12H14N2O4/c1-2-9-10(15)13-12(17)14(11(9)16)6-5-8-4-3-7-18-8/h3-4,7,16H,2,5-6H2,1H3,(H,13,15,17). The van der Waals surface area contributed by atoms with Gasteiger partial charge in [0.1, 0.15) is 5.76 Å². The van der Waals surface area contributed by atoms with E-state index in [2.05, 4.69) is 4.98 Å². The first kappa shape index (κ1) is 12.2. The summed E-state index contributed by atoms with van der Waals surface area (Å²) in [6.07, 6.45) is 2.38. The second-order valence-electron chi connectivity index (χ2n) is 3.90. The van der Waals surface area contributed by atoms with Crippen molar-refractivity contribution < 1.29 is 9.52 Å². The second kappa shape index (κ2) is 4.95. The minimum atomic E-state index is -0.610. The molecule has 0 atom stereocenters. The molecule has 0 aliphatic rings. The fraction of sp³-hybridized carbons (Fsp3) is 0.333. The number of H-pyrrole nitrogens is 1. The summed E-state index contributed by atoms with van der Waals surface area (Å²) in [5, 5.41) is 9.89. The van der Waals surface area contributed by atoms with Gasteiger partial charge in [-0.1, -0.05) is 6.92 Å². The van der Waals surface area contributed by atoms with E-state index in [-0.39, 0.29) is 18.0 Å². The molecule has 0 unspecified atom stereocenters. The van der Waals surface area contributed by atoms with E-state index in [9.17, 15) is 14.7 Å². The van der Waals surface area contributed by atoms with E-state index in [0.29, 0.717) is 18.6 Å². The van der Waals surface area contributed by atoms with Gasteiger partial charge in [-0.2, -0.15) is 0 Å². The summed E-state index contributed by atoms with van der Waals surface area (Å²) in [4.78, 5) is 25.2. The summed E-state index contributed by atoms with van der Waals surface area (Å²) in [6, 6.07) is 3.54. The van der Waals surface area contributed by atoms with E-state index < -0.39 is 11.2 Å². The normalized spacial score (nSPS) is 10.7. The van der Waals surface area contributed by atoms with E-state index in [1.54, 1.807) is 25.3 Å². The molecule has 2 heterocycles. The quantitative estimate of drug-likeness (QED) is 0.833. The molecule has 0 saturated heterocycles. The molecule has 96 valence electrons. The molecule has 0 bridgehead atoms. The number of aromatic nitrogens is 2. The first-order chi connectivity index (χ1) is 8.63. The molecular formula is C12H14N2O4. The molecule has 6 nitrogen and oxygen atoms in total. The molecule has 0 saturated carbocycles. The van der Waals surface area contributed by atoms with Crippen LogP contribution < -0.4 is 11.2 Å². The first-order valence-electron chi connectivity index (χ1n) is 5.70. The van der Waals surface area contributed by atoms with Crippen LogP contribution in [0.15, 0.2) is 32.4 Å². The van der Waals surface area contributed by atoms with Crippen molar-refractivity contribution in [1.82, 2.24) is 9.55 Å². The third-order valence-corrected chi connectivity index (χ3v) is 2.78. The van der Waals surface area contributed by atoms with Crippen LogP contribution in [-0.4, -0.2) is 14.7 Å². The summed E-state index contributed by atoms with van der Waals surface area (Å²) < 4.78 is 6.29. The topological polar surface area (TPSA) is 88.2 Å². The van der Waals surface area contributed by atoms with E-state index in [0.717, 1.165) is 4.57 Å². The van der Waals surface area contributed by atoms with Crippen molar-refractivity contribution in [2.24, 2.45) is 0 Å². The van der Waals surface area contributed by atoms with Crippen LogP contribution in [0, 0.1) is 0 Å². The number of nitrogens with zero attached hydrogens (tertiary/aromatic N) is 1. The molecular weight excluding hydrogens is 236 g/mol. The zero-order valence-electron chi connectivity index (χ0n) is 9.97. The predicted octanol–water partition coefficient (Wildman–Crippen LogP) is 0.640. The highest BCUT2D eigenvalue weighted by molar-refractivity contribution is 5.22. The Kier molecular flexibility index (Phi) is 3.36. The lowest BCUT2D eigenvalue weighted by Crippen LogP contribution is -2.32. The van der Waals surface area contributed by atoms with Gasteiger partial charge in [0.2, 0.25) is 5.88 Å². The summed E-state index contributed by atoms with van der Waals surface area (Å²) >= 11 is 0. The van der Waals surface area contributed by atoms with E-state index in [4.69, 9.17) is 4.42 Å². The molecule has 0 aliphatic heterocycles. The fourth-order valence-electron chi connectivity index (χ4n) is 1.80. The molecule has 0 radical (unpaired) electrons. The molecule has 2 aromatic heterocycles. The van der Waals surface area contributed by atoms with Gasteiger partial charge in [0, 0.05) is 13.0 Å². The van der Waals surface area contributed by atoms with Gasteiger partial charge in [-0.15, -0.1) is 0 Å². The van der Waals surface area contributed by atoms with Crippen molar-refractivity contribution in [3.63, 3.8) is 0 Å². The number of aryl methyl sites for hydroxylation is 1. The predicted molar refractivity (Wildman–Crippen MR) is 64.8 cm³/mol. The maximum atomic E-state index is 11.6. The van der Waals surface area contributed by atoms with Gasteiger partial charge in [-0.05, 0) is 18.6 Å². The number of hydrogen-bond donors (Lipinski definition) is 2. The zero-order valence-corrected chi connectivity index (χ0v) is 9.97. The SMILES string of the molecule is CCc1c(O)n(CCc2ccco2)c(=O)[nH]c1=O. The summed E-state index contributed by atoms with van der Waals surface area (Å²) in [6.45, 7) is 1.99. The third-order valence-electron chi connectivity index (χ3n) is 2.78. The number of rotatable bonds is 4. The zero-order chi connectivity index (χ0) is 13.1. The molecule has 2 N–H and O–H groups in total. The average Bonchev–Trinajstić information content (AvgIpc) is 2.81. The highest BCUT2D eigenvalue weighted by Gasteiger charge is 2.12. The molecule has 2 aromatic rings. The molecule has 0 aromatic carbocycles. The minimum absolute atomic E-state index is 0.217. The largest absolute Gasteiger partial charge is 0.494 e. The van der Waals surface area contributed by atoms with Crippen molar-refractivity contribution in [2.75, 3.05) is 0 Å². The van der Waals surface area contributed by atoms with Crippen molar-refractivity contribution >= 4 is 0 Å². The van der Waals surface area contributed by atoms with Crippen LogP contribution in [0.4, 0.5) is 0 Å². The summed E-state index contributed by atoms with van der Waals surface area (Å²) in [5.41, 5.74) is -0.926. The lowest BCUT2D eigenvalue weighted by Gasteiger charge is -2.09. The van der Waals surface area contributed by atoms with Crippen LogP contribution >= 0.6 is 0 Å². The lowest BCUT2D eigenvalue weighted by atomic mass is 10.2. The molecule has 0 aliphatic carbocycles. The Balaban J connectivity index is 2.33. The van der Waals surface area contributed by atoms with Gasteiger partial charge in [-0.3, -0.25) is 14.3 Å². The molecule has 0 fully saturated rings. The Morgan fingerprint density at radius 3 is 2.83 bits per heavy atom. The maximum absolute atomic E-state index is 11.6. The van der Waals surface area contributed by atoms with Gasteiger partial charge in [0.05, 0.1) is 11.8 Å². The van der Waals surface area contributed by atoms with Crippen LogP contribution in [0.25, 0.3) is 0 Å². The lowest BCUT2D eigenvalue weighted by molar-refractivity contribution is 0.386. The number of furan rings is 1. The third kappa shape index (κ3) is 2.22. The molecule has 2 rings (SSSR count). The smallest absolute Gasteiger partial charge is 0.331 e. The highest BCUT2D eigenvalue weighted by atomic mass is 16.3. The number of aromatic hydroxyl groups is 1. The summed E-state index contributed by atoms with van der Waals surface area (Å²) in [7, 11) is 0. The van der Waals surface area contributed by atoms with E-state index >= 15 is 0 Å². The monoisotopic (exact) mass is 250 g/mol. The van der Waals surface area contributed by atoms with Crippen molar-refractivity contribution in [2.45, 2.75) is 26.3 Å². The van der Waals surface area contributed by atoms with Crippen LogP contribution in [0.2, 0.25) is 0 Å². The second-order valence-corrected chi connectivity index (χ2v) is 3.90. The highest BCUT2D eigenvalue weighted by Crippen LogP contribution is 2.11. The van der Waals surface area contributed by atoms with Crippen LogP contribution in [-0.2, 0) is 19.4 Å². The van der Waals surface area contributed by atoms with Crippen LogP contribution in [0.1, 0.15) is 18.2 Å². The van der Waals surface area contributed by atoms with E-state index in [1.165, 1.54) is 0 Å². The number of nitrogens with one attached hydrogen (secondary N) is 1. The van der Waals surface area contributed by atoms with E-state index in [1.807, 2.05) is 0 Å². The number of aromatic amines is 1.